The van der Waals surface area contributed by atoms with Crippen molar-refractivity contribution in [1.82, 2.24) is 9.97 Å². The molecular weight excluding hydrogens is 436 g/mol. The summed E-state index contributed by atoms with van der Waals surface area (Å²) in [7, 11) is -3.79. The van der Waals surface area contributed by atoms with Gasteiger partial charge in [-0.1, -0.05) is 6.07 Å². The van der Waals surface area contributed by atoms with Crippen LogP contribution in [0.15, 0.2) is 36.5 Å². The number of nitrogens with zero attached hydrogens (tertiary/aromatic N) is 1. The summed E-state index contributed by atoms with van der Waals surface area (Å²) in [6.07, 6.45) is 2.58. The van der Waals surface area contributed by atoms with Crippen LogP contribution < -0.4 is 8.92 Å². The minimum absolute atomic E-state index is 0.00709. The Balaban J connectivity index is 0.00000101. The van der Waals surface area contributed by atoms with Gasteiger partial charge in [-0.2, -0.15) is 16.8 Å². The molecule has 3 rings (SSSR count). The maximum absolute atomic E-state index is 12.0. The molecule has 2 heterocycles. The number of esters is 1. The number of benzene rings is 1. The van der Waals surface area contributed by atoms with Crippen LogP contribution in [0, 0.1) is 6.92 Å². The van der Waals surface area contributed by atoms with Crippen molar-refractivity contribution in [2.24, 2.45) is 0 Å². The number of fused-ring (bicyclic) bond motifs is 1. The number of nitrogens with one attached hydrogen (secondary N) is 1. The smallest absolute Gasteiger partial charge is 0.354 e. The number of rotatable bonds is 6. The summed E-state index contributed by atoms with van der Waals surface area (Å²) >= 11 is -0.750. The molecule has 2 aromatic heterocycles. The quantitative estimate of drug-likeness (QED) is 0.439. The highest BCUT2D eigenvalue weighted by Gasteiger charge is 2.18. The van der Waals surface area contributed by atoms with Crippen LogP contribution in [0.5, 0.6) is 17.4 Å². The highest BCUT2D eigenvalue weighted by molar-refractivity contribution is 7.86. The molecule has 0 saturated heterocycles. The number of aromatic amines is 1. The van der Waals surface area contributed by atoms with Gasteiger partial charge in [-0.05, 0) is 31.5 Å². The zero-order valence-electron chi connectivity index (χ0n) is 16.2. The van der Waals surface area contributed by atoms with Crippen LogP contribution >= 0.6 is 0 Å². The molecular formula is C18H18N2O8S2. The summed E-state index contributed by atoms with van der Waals surface area (Å²) in [6, 6.07) is 8.13. The minimum Gasteiger partial charge on any atom is -0.461 e. The summed E-state index contributed by atoms with van der Waals surface area (Å²) < 4.78 is 55.5. The van der Waals surface area contributed by atoms with Crippen LogP contribution in [-0.2, 0) is 26.4 Å². The zero-order chi connectivity index (χ0) is 22.3. The number of pyridine rings is 1. The fourth-order valence-corrected chi connectivity index (χ4v) is 2.88. The van der Waals surface area contributed by atoms with E-state index in [0.29, 0.717) is 22.5 Å². The molecule has 0 unspecified atom stereocenters. The first-order chi connectivity index (χ1) is 14.2. The molecule has 12 heteroatoms. The van der Waals surface area contributed by atoms with Crippen LogP contribution in [0.1, 0.15) is 23.0 Å². The van der Waals surface area contributed by atoms with Crippen LogP contribution in [0.4, 0.5) is 0 Å². The van der Waals surface area contributed by atoms with Crippen molar-refractivity contribution < 1.29 is 35.3 Å². The lowest BCUT2D eigenvalue weighted by Gasteiger charge is -2.09. The molecule has 0 fully saturated rings. The molecule has 0 radical (unpaired) electrons. The lowest BCUT2D eigenvalue weighted by Crippen LogP contribution is -2.07. The molecule has 1 N–H and O–H groups in total. The summed E-state index contributed by atoms with van der Waals surface area (Å²) in [5.41, 5.74) is 1.49. The van der Waals surface area contributed by atoms with Crippen molar-refractivity contribution in [3.8, 4) is 17.4 Å². The maximum Gasteiger partial charge on any atom is 0.354 e. The molecule has 160 valence electrons. The molecule has 1 aromatic carbocycles. The molecule has 0 aliphatic rings. The highest BCUT2D eigenvalue weighted by atomic mass is 32.2. The van der Waals surface area contributed by atoms with Crippen LogP contribution in [0.2, 0.25) is 0 Å². The first-order valence-corrected chi connectivity index (χ1v) is 10.9. The Hall–Kier alpha value is -3.25. The second kappa shape index (κ2) is 9.98. The van der Waals surface area contributed by atoms with Crippen molar-refractivity contribution >= 4 is 38.6 Å². The van der Waals surface area contributed by atoms with Gasteiger partial charge in [0.1, 0.15) is 11.4 Å². The third kappa shape index (κ3) is 6.39. The van der Waals surface area contributed by atoms with Gasteiger partial charge in [0.2, 0.25) is 5.88 Å². The molecule has 30 heavy (non-hydrogen) atoms. The average molecular weight is 454 g/mol. The SMILES string of the molecule is CCOC(=O)c1cc2cc(Oc3ccc(C)cn3)cc(OS(C)(=O)=O)c2[nH]1.O=S=O. The molecule has 0 amide bonds. The minimum atomic E-state index is -3.79. The van der Waals surface area contributed by atoms with E-state index < -0.39 is 27.7 Å². The molecule has 3 aromatic rings. The standard InChI is InChI=1S/C18H18N2O6S.O2S/c1-4-24-18(21)14-8-12-7-13(25-16-6-5-11(2)10-19-16)9-15(17(12)20-14)26-27(3,22)23;1-3-2/h5-10,20H,4H2,1-3H3;. The van der Waals surface area contributed by atoms with E-state index in [1.807, 2.05) is 13.0 Å². The molecule has 0 spiro atoms. The third-order valence-electron chi connectivity index (χ3n) is 3.51. The first kappa shape index (κ1) is 23.0. The predicted octanol–water partition coefficient (Wildman–Crippen LogP) is 2.51. The topological polar surface area (TPSA) is 142 Å². The number of hydrogen-bond acceptors (Lipinski definition) is 9. The van der Waals surface area contributed by atoms with Crippen molar-refractivity contribution in [3.05, 3.63) is 47.8 Å². The molecule has 0 atom stereocenters. The molecule has 0 saturated carbocycles. The van der Waals surface area contributed by atoms with Crippen LogP contribution in [-0.4, -0.2) is 45.6 Å². The Bertz CT molecular complexity index is 1180. The predicted molar refractivity (Wildman–Crippen MR) is 108 cm³/mol. The van der Waals surface area contributed by atoms with E-state index in [4.69, 9.17) is 22.1 Å². The fraction of sp³-hybridized carbons (Fsp3) is 0.222. The number of H-pyrrole nitrogens is 1. The van der Waals surface area contributed by atoms with E-state index in [0.717, 1.165) is 11.8 Å². The van der Waals surface area contributed by atoms with E-state index in [9.17, 15) is 13.2 Å². The lowest BCUT2D eigenvalue weighted by atomic mass is 10.2. The average Bonchev–Trinajstić information content (AvgIpc) is 3.08. The van der Waals surface area contributed by atoms with Gasteiger partial charge in [-0.15, -0.1) is 0 Å². The first-order valence-electron chi connectivity index (χ1n) is 8.42. The Morgan fingerprint density at radius 3 is 2.47 bits per heavy atom. The number of carbonyl (C=O) groups is 1. The Morgan fingerprint density at radius 1 is 1.20 bits per heavy atom. The van der Waals surface area contributed by atoms with Crippen molar-refractivity contribution in [2.45, 2.75) is 13.8 Å². The van der Waals surface area contributed by atoms with E-state index in [-0.39, 0.29) is 18.1 Å². The number of carbonyl (C=O) groups excluding carboxylic acids is 1. The number of hydrogen-bond donors (Lipinski definition) is 1. The number of aryl methyl sites for hydroxylation is 1. The van der Waals surface area contributed by atoms with Gasteiger partial charge in [0.05, 0.1) is 18.4 Å². The van der Waals surface area contributed by atoms with E-state index >= 15 is 0 Å². The second-order valence-corrected chi connectivity index (χ2v) is 7.63. The van der Waals surface area contributed by atoms with E-state index in [2.05, 4.69) is 9.97 Å². The largest absolute Gasteiger partial charge is 0.461 e. The summed E-state index contributed by atoms with van der Waals surface area (Å²) in [5, 5.41) is 0.529. The lowest BCUT2D eigenvalue weighted by molar-refractivity contribution is 0.0520. The van der Waals surface area contributed by atoms with Gasteiger partial charge >= 0.3 is 27.7 Å². The zero-order valence-corrected chi connectivity index (χ0v) is 17.8. The van der Waals surface area contributed by atoms with Gasteiger partial charge in [0, 0.05) is 23.7 Å². The van der Waals surface area contributed by atoms with Crippen LogP contribution in [0.3, 0.4) is 0 Å². The maximum atomic E-state index is 12.0. The molecule has 0 aliphatic carbocycles. The number of aromatic nitrogens is 2. The second-order valence-electron chi connectivity index (χ2n) is 5.92. The Labute approximate surface area is 175 Å². The van der Waals surface area contributed by atoms with Crippen molar-refractivity contribution in [3.63, 3.8) is 0 Å². The highest BCUT2D eigenvalue weighted by Crippen LogP contribution is 2.34. The number of ether oxygens (including phenoxy) is 2. The van der Waals surface area contributed by atoms with Gasteiger partial charge in [-0.25, -0.2) is 9.78 Å². The summed E-state index contributed by atoms with van der Waals surface area (Å²) in [6.45, 7) is 3.81. The van der Waals surface area contributed by atoms with Gasteiger partial charge < -0.3 is 18.6 Å². The fourth-order valence-electron chi connectivity index (χ4n) is 2.43. The van der Waals surface area contributed by atoms with Gasteiger partial charge in [0.25, 0.3) is 0 Å². The molecule has 10 nitrogen and oxygen atoms in total. The normalized spacial score (nSPS) is 10.6. The summed E-state index contributed by atoms with van der Waals surface area (Å²) in [5.74, 6) is 0.104. The van der Waals surface area contributed by atoms with Crippen molar-refractivity contribution in [2.75, 3.05) is 12.9 Å². The van der Waals surface area contributed by atoms with E-state index in [1.165, 1.54) is 12.1 Å². The van der Waals surface area contributed by atoms with E-state index in [1.54, 1.807) is 25.3 Å². The van der Waals surface area contributed by atoms with Gasteiger partial charge in [0.15, 0.2) is 5.75 Å². The summed E-state index contributed by atoms with van der Waals surface area (Å²) in [4.78, 5) is 19.0. The van der Waals surface area contributed by atoms with Gasteiger partial charge in [-0.3, -0.25) is 0 Å². The molecule has 0 bridgehead atoms. The Kier molecular flexibility index (Phi) is 7.66. The molecule has 0 aliphatic heterocycles. The third-order valence-corrected chi connectivity index (χ3v) is 3.99. The van der Waals surface area contributed by atoms with Crippen LogP contribution in [0.25, 0.3) is 10.9 Å². The van der Waals surface area contributed by atoms with Crippen molar-refractivity contribution in [1.29, 1.82) is 0 Å². The Morgan fingerprint density at radius 2 is 1.90 bits per heavy atom. The monoisotopic (exact) mass is 454 g/mol.